The fourth-order valence-corrected chi connectivity index (χ4v) is 5.70. The van der Waals surface area contributed by atoms with Gasteiger partial charge in [-0.15, -0.1) is 0 Å². The molecule has 0 aliphatic carbocycles. The minimum atomic E-state index is -3.95. The van der Waals surface area contributed by atoms with E-state index in [-0.39, 0.29) is 26.5 Å². The van der Waals surface area contributed by atoms with E-state index in [1.165, 1.54) is 12.1 Å². The van der Waals surface area contributed by atoms with E-state index in [9.17, 15) is 13.2 Å². The molecule has 3 N–H and O–H groups in total. The van der Waals surface area contributed by atoms with Gasteiger partial charge in [0.1, 0.15) is 0 Å². The van der Waals surface area contributed by atoms with Crippen molar-refractivity contribution >= 4 is 56.2 Å². The zero-order valence-corrected chi connectivity index (χ0v) is 20.9. The van der Waals surface area contributed by atoms with E-state index in [1.54, 1.807) is 35.2 Å². The normalized spacial score (nSPS) is 13.1. The molecule has 0 aromatic heterocycles. The molecule has 1 heterocycles. The number of rotatable bonds is 6. The number of benzene rings is 3. The number of sulfonamides is 1. The minimum absolute atomic E-state index is 0.00482. The predicted molar refractivity (Wildman–Crippen MR) is 138 cm³/mol. The van der Waals surface area contributed by atoms with Crippen LogP contribution in [0.4, 0.5) is 17.1 Å². The van der Waals surface area contributed by atoms with Crippen molar-refractivity contribution in [1.29, 1.82) is 5.26 Å². The van der Waals surface area contributed by atoms with Crippen molar-refractivity contribution in [2.45, 2.75) is 30.6 Å². The Balaban J connectivity index is 1.49. The van der Waals surface area contributed by atoms with Crippen LogP contribution in [-0.4, -0.2) is 20.9 Å². The Kier molecular flexibility index (Phi) is 7.22. The lowest BCUT2D eigenvalue weighted by atomic mass is 10.00. The lowest BCUT2D eigenvalue weighted by Crippen LogP contribution is -2.35. The number of carbonyl (C=O) groups excluding carboxylic acids is 1. The number of aryl methyl sites for hydroxylation is 2. The lowest BCUT2D eigenvalue weighted by molar-refractivity contribution is -0.118. The van der Waals surface area contributed by atoms with Crippen LogP contribution in [0, 0.1) is 11.3 Å². The number of hydrogen-bond donors (Lipinski definition) is 2. The van der Waals surface area contributed by atoms with Crippen LogP contribution < -0.4 is 15.4 Å². The molecule has 3 aromatic rings. The molecule has 0 saturated carbocycles. The van der Waals surface area contributed by atoms with Gasteiger partial charge in [-0.1, -0.05) is 35.3 Å². The fourth-order valence-electron chi connectivity index (χ4n) is 3.98. The van der Waals surface area contributed by atoms with Crippen LogP contribution >= 0.6 is 23.2 Å². The van der Waals surface area contributed by atoms with Gasteiger partial charge in [0.05, 0.1) is 32.3 Å². The third-order valence-corrected chi connectivity index (χ3v) is 7.81. The average molecular weight is 529 g/mol. The minimum Gasteiger partial charge on any atom is -0.396 e. The molecule has 0 fully saturated rings. The first-order valence-electron chi connectivity index (χ1n) is 10.9. The third-order valence-electron chi connectivity index (χ3n) is 5.82. The van der Waals surface area contributed by atoms with Crippen molar-refractivity contribution < 1.29 is 13.2 Å². The number of anilines is 3. The monoisotopic (exact) mass is 528 g/mol. The molecule has 0 spiro atoms. The Morgan fingerprint density at radius 1 is 1.09 bits per heavy atom. The van der Waals surface area contributed by atoms with Crippen molar-refractivity contribution in [3.05, 3.63) is 81.3 Å². The summed E-state index contributed by atoms with van der Waals surface area (Å²) in [6.45, 7) is 0.604. The van der Waals surface area contributed by atoms with Crippen molar-refractivity contribution in [2.24, 2.45) is 0 Å². The highest BCUT2D eigenvalue weighted by Crippen LogP contribution is 2.33. The van der Waals surface area contributed by atoms with Crippen LogP contribution in [0.5, 0.6) is 0 Å². The molecular weight excluding hydrogens is 507 g/mol. The number of fused-ring (bicyclic) bond motifs is 1. The van der Waals surface area contributed by atoms with E-state index in [2.05, 4.69) is 10.8 Å². The summed E-state index contributed by atoms with van der Waals surface area (Å²) in [5.41, 5.74) is 9.43. The molecule has 0 saturated heterocycles. The van der Waals surface area contributed by atoms with Crippen molar-refractivity contribution in [2.75, 3.05) is 21.9 Å². The van der Waals surface area contributed by atoms with E-state index in [4.69, 9.17) is 34.2 Å². The summed E-state index contributed by atoms with van der Waals surface area (Å²) in [7, 11) is -3.95. The molecule has 0 bridgehead atoms. The fraction of sp³-hybridized carbons (Fsp3) is 0.200. The van der Waals surface area contributed by atoms with E-state index in [1.807, 2.05) is 12.1 Å². The van der Waals surface area contributed by atoms with Gasteiger partial charge in [0.25, 0.3) is 10.0 Å². The SMILES string of the molecule is N#Cc1ccc(CCC(=O)N2CCCc3cc(NS(=O)(=O)c4cc(Cl)c(N)c(Cl)c4)ccc32)cc1. The average Bonchev–Trinajstić information content (AvgIpc) is 2.85. The molecule has 1 aliphatic rings. The van der Waals surface area contributed by atoms with Crippen LogP contribution in [0.1, 0.15) is 29.5 Å². The van der Waals surface area contributed by atoms with E-state index >= 15 is 0 Å². The van der Waals surface area contributed by atoms with Crippen LogP contribution in [0.15, 0.2) is 59.5 Å². The van der Waals surface area contributed by atoms with Gasteiger partial charge in [0.15, 0.2) is 0 Å². The first-order valence-corrected chi connectivity index (χ1v) is 13.1. The van der Waals surface area contributed by atoms with Crippen molar-refractivity contribution in [1.82, 2.24) is 0 Å². The van der Waals surface area contributed by atoms with Crippen molar-refractivity contribution in [3.63, 3.8) is 0 Å². The van der Waals surface area contributed by atoms with Gasteiger partial charge in [0.2, 0.25) is 5.91 Å². The standard InChI is InChI=1S/C25H22Cl2N4O3S/c26-21-13-20(14-22(27)25(21)29)35(33,34)30-19-8-9-23-18(12-19)2-1-11-31(23)24(32)10-7-16-3-5-17(15-28)6-4-16/h3-6,8-9,12-14,30H,1-2,7,10-11,29H2. The molecular formula is C25H22Cl2N4O3S. The summed E-state index contributed by atoms with van der Waals surface area (Å²) in [5.74, 6) is -0.00482. The second-order valence-corrected chi connectivity index (χ2v) is 10.7. The van der Waals surface area contributed by atoms with Crippen LogP contribution in [0.2, 0.25) is 10.0 Å². The smallest absolute Gasteiger partial charge is 0.261 e. The van der Waals surface area contributed by atoms with Crippen LogP contribution in [-0.2, 0) is 27.7 Å². The summed E-state index contributed by atoms with van der Waals surface area (Å²) in [6.07, 6.45) is 2.40. The summed E-state index contributed by atoms with van der Waals surface area (Å²) >= 11 is 12.0. The van der Waals surface area contributed by atoms with E-state index in [0.717, 1.165) is 29.7 Å². The highest BCUT2D eigenvalue weighted by Gasteiger charge is 2.24. The molecule has 1 aliphatic heterocycles. The zero-order valence-electron chi connectivity index (χ0n) is 18.6. The maximum atomic E-state index is 13.0. The number of carbonyl (C=O) groups is 1. The van der Waals surface area contributed by atoms with Gasteiger partial charge in [-0.2, -0.15) is 5.26 Å². The number of halogens is 2. The molecule has 0 unspecified atom stereocenters. The number of hydrogen-bond acceptors (Lipinski definition) is 5. The number of nitrogen functional groups attached to an aromatic ring is 1. The Labute approximate surface area is 214 Å². The molecule has 0 atom stereocenters. The largest absolute Gasteiger partial charge is 0.396 e. The van der Waals surface area contributed by atoms with E-state index < -0.39 is 10.0 Å². The number of nitrogens with zero attached hydrogens (tertiary/aromatic N) is 2. The maximum absolute atomic E-state index is 13.0. The molecule has 3 aromatic carbocycles. The number of nitriles is 1. The second-order valence-electron chi connectivity index (χ2n) is 8.21. The molecule has 10 heteroatoms. The first-order chi connectivity index (χ1) is 16.7. The number of nitrogens with one attached hydrogen (secondary N) is 1. The Morgan fingerprint density at radius 3 is 2.43 bits per heavy atom. The number of amides is 1. The zero-order chi connectivity index (χ0) is 25.2. The summed E-state index contributed by atoms with van der Waals surface area (Å²) in [5, 5.41) is 9.03. The van der Waals surface area contributed by atoms with Gasteiger partial charge in [0, 0.05) is 24.3 Å². The third kappa shape index (κ3) is 5.54. The first kappa shape index (κ1) is 24.9. The summed E-state index contributed by atoms with van der Waals surface area (Å²) in [4.78, 5) is 14.6. The van der Waals surface area contributed by atoms with Gasteiger partial charge in [-0.05, 0) is 72.9 Å². The van der Waals surface area contributed by atoms with Gasteiger partial charge in [-0.25, -0.2) is 8.42 Å². The molecule has 7 nitrogen and oxygen atoms in total. The van der Waals surface area contributed by atoms with Crippen LogP contribution in [0.3, 0.4) is 0 Å². The topological polar surface area (TPSA) is 116 Å². The molecule has 35 heavy (non-hydrogen) atoms. The summed E-state index contributed by atoms with van der Waals surface area (Å²) < 4.78 is 28.3. The predicted octanol–water partition coefficient (Wildman–Crippen LogP) is 5.16. The highest BCUT2D eigenvalue weighted by molar-refractivity contribution is 7.92. The Morgan fingerprint density at radius 2 is 1.77 bits per heavy atom. The lowest BCUT2D eigenvalue weighted by Gasteiger charge is -2.30. The highest BCUT2D eigenvalue weighted by atomic mass is 35.5. The van der Waals surface area contributed by atoms with Crippen molar-refractivity contribution in [3.8, 4) is 6.07 Å². The summed E-state index contributed by atoms with van der Waals surface area (Å²) in [6, 6.07) is 16.9. The Hall–Kier alpha value is -3.25. The second kappa shape index (κ2) is 10.2. The molecule has 1 amide bonds. The quantitative estimate of drug-likeness (QED) is 0.428. The van der Waals surface area contributed by atoms with Crippen LogP contribution in [0.25, 0.3) is 0 Å². The maximum Gasteiger partial charge on any atom is 0.261 e. The van der Waals surface area contributed by atoms with E-state index in [0.29, 0.717) is 30.6 Å². The van der Waals surface area contributed by atoms with Gasteiger partial charge >= 0.3 is 0 Å². The molecule has 180 valence electrons. The van der Waals surface area contributed by atoms with Gasteiger partial charge < -0.3 is 10.6 Å². The van der Waals surface area contributed by atoms with Gasteiger partial charge in [-0.3, -0.25) is 9.52 Å². The number of nitrogens with two attached hydrogens (primary N) is 1. The Bertz CT molecular complexity index is 1410. The molecule has 4 rings (SSSR count). The molecule has 0 radical (unpaired) electrons.